The van der Waals surface area contributed by atoms with Gasteiger partial charge in [0.2, 0.25) is 11.2 Å². The highest BCUT2D eigenvalue weighted by molar-refractivity contribution is 6.28. The Balaban J connectivity index is 0.000000191. The Morgan fingerprint density at radius 1 is 0.635 bits per heavy atom. The number of hydrogen-bond donors (Lipinski definition) is 1. The van der Waals surface area contributed by atoms with Crippen molar-refractivity contribution in [2.24, 2.45) is 0 Å². The van der Waals surface area contributed by atoms with E-state index in [0.717, 1.165) is 38.3 Å². The quantitative estimate of drug-likeness (QED) is 0.115. The third kappa shape index (κ3) is 14.3. The molecule has 2 aliphatic rings. The van der Waals surface area contributed by atoms with Crippen molar-refractivity contribution in [1.29, 1.82) is 10.5 Å². The van der Waals surface area contributed by atoms with Crippen molar-refractivity contribution in [1.82, 2.24) is 45.0 Å². The van der Waals surface area contributed by atoms with Crippen molar-refractivity contribution in [3.63, 3.8) is 0 Å². The van der Waals surface area contributed by atoms with Gasteiger partial charge in [0.15, 0.2) is 0 Å². The topological polar surface area (TPSA) is 147 Å². The van der Waals surface area contributed by atoms with Gasteiger partial charge in [-0.15, -0.1) is 0 Å². The van der Waals surface area contributed by atoms with E-state index < -0.39 is 42.3 Å². The van der Waals surface area contributed by atoms with Gasteiger partial charge in [0, 0.05) is 113 Å². The maximum absolute atomic E-state index is 13.9. The zero-order valence-corrected chi connectivity index (χ0v) is 34.8. The van der Waals surface area contributed by atoms with Crippen molar-refractivity contribution >= 4 is 17.5 Å². The lowest BCUT2D eigenvalue weighted by atomic mass is 10.0. The van der Waals surface area contributed by atoms with E-state index in [-0.39, 0.29) is 5.28 Å². The van der Waals surface area contributed by atoms with Crippen LogP contribution in [0, 0.1) is 45.9 Å². The predicted molar refractivity (Wildman–Crippen MR) is 228 cm³/mol. The lowest BCUT2D eigenvalue weighted by Gasteiger charge is -2.34. The molecule has 0 bridgehead atoms. The van der Waals surface area contributed by atoms with E-state index >= 15 is 0 Å². The van der Waals surface area contributed by atoms with Gasteiger partial charge in [0.05, 0.1) is 43.4 Å². The number of nitrogens with one attached hydrogen (secondary N) is 1. The second-order valence-electron chi connectivity index (χ2n) is 13.9. The minimum absolute atomic E-state index is 0.133. The Hall–Kier alpha value is -6.50. The number of nitrogens with zero attached hydrogens (tertiary/aromatic N) is 11. The molecule has 2 saturated heterocycles. The average Bonchev–Trinajstić information content (AvgIpc) is 3.31. The molecule has 0 aliphatic carbocycles. The number of piperazine rings is 2. The molecule has 2 aromatic carbocycles. The SMILES string of the molecule is Fc1ccc(CN2CCNCC2)c(F)c1.N#CC(c1ccccn1)c1ccnc(Cl)n1.N#CC(c1ccccn1)c1ccnc(N2CCN(Cc3ccc(F)cc3F)CC2)n1.[2H]CF. The molecule has 1 N–H and O–H groups in total. The zero-order chi connectivity index (χ0) is 45.7. The summed E-state index contributed by atoms with van der Waals surface area (Å²) in [7, 11) is -1.00. The molecule has 0 saturated carbocycles. The van der Waals surface area contributed by atoms with Gasteiger partial charge in [-0.25, -0.2) is 37.5 Å². The summed E-state index contributed by atoms with van der Waals surface area (Å²) >= 11 is 5.68. The first kappa shape index (κ1) is 46.0. The van der Waals surface area contributed by atoms with Crippen LogP contribution in [0.3, 0.4) is 0 Å². The molecule has 2 aliphatic heterocycles. The van der Waals surface area contributed by atoms with E-state index in [1.54, 1.807) is 48.9 Å². The molecule has 6 heterocycles. The van der Waals surface area contributed by atoms with Gasteiger partial charge in [-0.1, -0.05) is 24.3 Å². The molecule has 2 atom stereocenters. The molecule has 0 radical (unpaired) electrons. The lowest BCUT2D eigenvalue weighted by Crippen LogP contribution is -2.46. The molecule has 8 rings (SSSR count). The van der Waals surface area contributed by atoms with Crippen LogP contribution in [-0.4, -0.2) is 99.2 Å². The number of anilines is 1. The maximum Gasteiger partial charge on any atom is 0.225 e. The second-order valence-corrected chi connectivity index (χ2v) is 14.3. The molecule has 0 spiro atoms. The van der Waals surface area contributed by atoms with Crippen LogP contribution in [0.25, 0.3) is 0 Å². The highest BCUT2D eigenvalue weighted by Gasteiger charge is 2.23. The first-order chi connectivity index (χ1) is 31.1. The summed E-state index contributed by atoms with van der Waals surface area (Å²) in [4.78, 5) is 31.5. The van der Waals surface area contributed by atoms with Gasteiger partial charge >= 0.3 is 0 Å². The number of nitriles is 2. The predicted octanol–water partition coefficient (Wildman–Crippen LogP) is 7.26. The van der Waals surface area contributed by atoms with Crippen LogP contribution in [0.4, 0.5) is 27.9 Å². The van der Waals surface area contributed by atoms with Crippen LogP contribution in [0.1, 0.15) is 47.1 Å². The largest absolute Gasteiger partial charge is 0.338 e. The molecule has 6 aromatic rings. The number of pyridine rings is 2. The fraction of sp³-hybridized carbons (Fsp3) is 0.289. The number of hydrogen-bond acceptors (Lipinski definition) is 12. The highest BCUT2D eigenvalue weighted by Crippen LogP contribution is 2.23. The minimum Gasteiger partial charge on any atom is -0.338 e. The standard InChI is InChI=1S/C22H20F2N6.C11H7ClN4.C11H14F2N2.CH3F/c23-17-5-4-16(19(24)13-17)15-29-9-11-30(12-10-29)22-27-8-6-21(28-22)18(14-25)20-3-1-2-7-26-20;12-11-15-6-4-10(16-11)8(7-13)9-3-1-2-5-14-9;12-10-2-1-9(11(13)7-10)8-15-5-3-14-4-6-15;1-2/h1-8,13,18H,9-12,15H2;1-6,8H;1-2,7,14H,3-6,8H2;1H3/i;;;1D. The van der Waals surface area contributed by atoms with E-state index in [1.807, 2.05) is 23.1 Å². The molecule has 63 heavy (non-hydrogen) atoms. The molecule has 12 nitrogen and oxygen atoms in total. The van der Waals surface area contributed by atoms with Crippen LogP contribution in [-0.2, 0) is 13.1 Å². The van der Waals surface area contributed by atoms with Crippen LogP contribution >= 0.6 is 11.6 Å². The van der Waals surface area contributed by atoms with Gasteiger partial charge in [-0.3, -0.25) is 24.2 Å². The fourth-order valence-electron chi connectivity index (χ4n) is 6.60. The number of benzene rings is 2. The van der Waals surface area contributed by atoms with Crippen molar-refractivity contribution in [2.45, 2.75) is 24.9 Å². The Bertz CT molecular complexity index is 2430. The summed E-state index contributed by atoms with van der Waals surface area (Å²) in [5.74, 6) is -2.57. The lowest BCUT2D eigenvalue weighted by molar-refractivity contribution is 0.230. The first-order valence-corrected chi connectivity index (χ1v) is 20.1. The third-order valence-electron chi connectivity index (χ3n) is 9.81. The van der Waals surface area contributed by atoms with E-state index in [2.05, 4.69) is 57.2 Å². The maximum atomic E-state index is 13.9. The van der Waals surface area contributed by atoms with Crippen LogP contribution in [0.2, 0.25) is 5.28 Å². The smallest absolute Gasteiger partial charge is 0.225 e. The number of halogens is 6. The van der Waals surface area contributed by atoms with E-state index in [9.17, 15) is 27.2 Å². The Morgan fingerprint density at radius 3 is 1.59 bits per heavy atom. The van der Waals surface area contributed by atoms with Crippen LogP contribution < -0.4 is 10.2 Å². The Morgan fingerprint density at radius 2 is 1.13 bits per heavy atom. The second kappa shape index (κ2) is 24.8. The molecular formula is C45H44ClF5N12. The summed E-state index contributed by atoms with van der Waals surface area (Å²) in [5, 5.41) is 22.1. The number of alkyl halides is 1. The summed E-state index contributed by atoms with van der Waals surface area (Å²) in [5.41, 5.74) is 3.52. The molecular weight excluding hydrogens is 839 g/mol. The highest BCUT2D eigenvalue weighted by atomic mass is 35.5. The summed E-state index contributed by atoms with van der Waals surface area (Å²) in [6, 6.07) is 26.1. The monoisotopic (exact) mass is 883 g/mol. The van der Waals surface area contributed by atoms with Crippen molar-refractivity contribution in [3.05, 3.63) is 172 Å². The third-order valence-corrected chi connectivity index (χ3v) is 9.99. The molecule has 4 aromatic heterocycles. The summed E-state index contributed by atoms with van der Waals surface area (Å²) in [6.07, 6.45) is 6.48. The van der Waals surface area contributed by atoms with Crippen LogP contribution in [0.5, 0.6) is 0 Å². The minimum atomic E-state index is -1.00. The average molecular weight is 884 g/mol. The van der Waals surface area contributed by atoms with E-state index in [0.29, 0.717) is 79.1 Å². The molecule has 18 heteroatoms. The molecule has 326 valence electrons. The van der Waals surface area contributed by atoms with Crippen molar-refractivity contribution < 1.29 is 23.3 Å². The van der Waals surface area contributed by atoms with Gasteiger partial charge < -0.3 is 10.2 Å². The van der Waals surface area contributed by atoms with E-state index in [4.69, 9.17) is 18.2 Å². The zero-order valence-electron chi connectivity index (χ0n) is 35.0. The molecule has 2 fully saturated rings. The normalized spacial score (nSPS) is 15.0. The van der Waals surface area contributed by atoms with E-state index in [1.165, 1.54) is 30.5 Å². The Labute approximate surface area is 369 Å². The summed E-state index contributed by atoms with van der Waals surface area (Å²) < 4.78 is 68.5. The van der Waals surface area contributed by atoms with Crippen LogP contribution in [0.15, 0.2) is 110 Å². The van der Waals surface area contributed by atoms with Crippen molar-refractivity contribution in [3.8, 4) is 12.1 Å². The Kier molecular flexibility index (Phi) is 18.1. The first-order valence-electron chi connectivity index (χ1n) is 20.4. The summed E-state index contributed by atoms with van der Waals surface area (Å²) in [6.45, 7) is 7.43. The van der Waals surface area contributed by atoms with Gasteiger partial charge in [-0.2, -0.15) is 10.5 Å². The van der Waals surface area contributed by atoms with Crippen molar-refractivity contribution in [2.75, 3.05) is 64.4 Å². The van der Waals surface area contributed by atoms with Gasteiger partial charge in [0.1, 0.15) is 35.1 Å². The molecule has 2 unspecified atom stereocenters. The fourth-order valence-corrected chi connectivity index (χ4v) is 6.76. The molecule has 0 amide bonds. The number of rotatable bonds is 9. The van der Waals surface area contributed by atoms with Gasteiger partial charge in [0.25, 0.3) is 0 Å². The van der Waals surface area contributed by atoms with Gasteiger partial charge in [-0.05, 0) is 60.1 Å². The number of aromatic nitrogens is 6.